The van der Waals surface area contributed by atoms with Gasteiger partial charge in [0, 0.05) is 23.6 Å². The van der Waals surface area contributed by atoms with Crippen molar-refractivity contribution in [2.24, 2.45) is 0 Å². The molecule has 9 heteroatoms. The highest BCUT2D eigenvalue weighted by atomic mass is 32.2. The van der Waals surface area contributed by atoms with E-state index in [1.165, 1.54) is 42.3 Å². The molecule has 2 aromatic carbocycles. The maximum absolute atomic E-state index is 14.2. The average molecular weight is 404 g/mol. The van der Waals surface area contributed by atoms with Crippen molar-refractivity contribution in [1.29, 1.82) is 0 Å². The van der Waals surface area contributed by atoms with Crippen LogP contribution in [0.15, 0.2) is 53.6 Å². The summed E-state index contributed by atoms with van der Waals surface area (Å²) in [6.07, 6.45) is 2.62. The Morgan fingerprint density at radius 3 is 2.36 bits per heavy atom. The Balaban J connectivity index is 2.13. The molecule has 0 saturated heterocycles. The van der Waals surface area contributed by atoms with Crippen molar-refractivity contribution in [2.75, 3.05) is 13.4 Å². The van der Waals surface area contributed by atoms with Crippen molar-refractivity contribution < 1.29 is 27.4 Å². The van der Waals surface area contributed by atoms with E-state index >= 15 is 0 Å². The smallest absolute Gasteiger partial charge is 0.325 e. The number of aromatic nitrogens is 2. The fraction of sp³-hybridized carbons (Fsp3) is 0.158. The summed E-state index contributed by atoms with van der Waals surface area (Å²) in [6, 6.07) is 10.4. The van der Waals surface area contributed by atoms with Crippen molar-refractivity contribution >= 4 is 15.8 Å². The van der Waals surface area contributed by atoms with Crippen molar-refractivity contribution in [3.8, 4) is 28.1 Å². The Kier molecular flexibility index (Phi) is 5.19. The maximum atomic E-state index is 14.2. The lowest BCUT2D eigenvalue weighted by atomic mass is 10.0. The van der Waals surface area contributed by atoms with Gasteiger partial charge in [0.15, 0.2) is 21.4 Å². The molecule has 0 aliphatic carbocycles. The van der Waals surface area contributed by atoms with E-state index in [-0.39, 0.29) is 17.2 Å². The Morgan fingerprint density at radius 2 is 1.82 bits per heavy atom. The highest BCUT2D eigenvalue weighted by Crippen LogP contribution is 2.33. The van der Waals surface area contributed by atoms with E-state index in [1.807, 2.05) is 0 Å². The van der Waals surface area contributed by atoms with Crippen LogP contribution in [0.1, 0.15) is 0 Å². The minimum Gasteiger partial charge on any atom is -0.494 e. The molecule has 0 aliphatic heterocycles. The SMILES string of the molecule is COc1ccc(-c2cn(CC(=O)O)nc2-c2ccc(S(C)(=O)=O)cc2)cc1F. The van der Waals surface area contributed by atoms with E-state index in [2.05, 4.69) is 5.10 Å². The topological polar surface area (TPSA) is 98.5 Å². The molecule has 0 bridgehead atoms. The highest BCUT2D eigenvalue weighted by molar-refractivity contribution is 7.90. The lowest BCUT2D eigenvalue weighted by molar-refractivity contribution is -0.137. The third kappa shape index (κ3) is 4.04. The third-order valence-corrected chi connectivity index (χ3v) is 5.21. The molecule has 0 saturated carbocycles. The van der Waals surface area contributed by atoms with Gasteiger partial charge in [0.1, 0.15) is 12.2 Å². The number of nitrogens with zero attached hydrogens (tertiary/aromatic N) is 2. The molecule has 3 rings (SSSR count). The van der Waals surface area contributed by atoms with Crippen LogP contribution in [0.4, 0.5) is 4.39 Å². The van der Waals surface area contributed by atoms with Gasteiger partial charge in [-0.2, -0.15) is 5.10 Å². The monoisotopic (exact) mass is 404 g/mol. The standard InChI is InChI=1S/C19H17FN2O5S/c1-27-17-8-5-13(9-16(17)20)15-10-22(11-18(23)24)21-19(15)12-3-6-14(7-4-12)28(2,25)26/h3-10H,11H2,1-2H3,(H,23,24). The van der Waals surface area contributed by atoms with Crippen molar-refractivity contribution in [2.45, 2.75) is 11.4 Å². The van der Waals surface area contributed by atoms with Crippen molar-refractivity contribution in [3.05, 3.63) is 54.5 Å². The number of methoxy groups -OCH3 is 1. The molecule has 0 aliphatic rings. The van der Waals surface area contributed by atoms with Gasteiger partial charge >= 0.3 is 5.97 Å². The van der Waals surface area contributed by atoms with Gasteiger partial charge in [-0.1, -0.05) is 18.2 Å². The van der Waals surface area contributed by atoms with Crippen molar-refractivity contribution in [1.82, 2.24) is 9.78 Å². The fourth-order valence-corrected chi connectivity index (χ4v) is 3.39. The molecule has 146 valence electrons. The summed E-state index contributed by atoms with van der Waals surface area (Å²) in [4.78, 5) is 11.2. The van der Waals surface area contributed by atoms with Gasteiger partial charge in [-0.3, -0.25) is 9.48 Å². The Labute approximate surface area is 160 Å². The summed E-state index contributed by atoms with van der Waals surface area (Å²) < 4.78 is 43.6. The number of rotatable bonds is 6. The van der Waals surface area contributed by atoms with Crippen LogP contribution in [0.2, 0.25) is 0 Å². The number of aliphatic carboxylic acids is 1. The number of carbonyl (C=O) groups is 1. The zero-order valence-corrected chi connectivity index (χ0v) is 15.9. The first-order chi connectivity index (χ1) is 13.2. The average Bonchev–Trinajstić information content (AvgIpc) is 3.04. The summed E-state index contributed by atoms with van der Waals surface area (Å²) in [5.74, 6) is -1.56. The lowest BCUT2D eigenvalue weighted by Gasteiger charge is -2.06. The lowest BCUT2D eigenvalue weighted by Crippen LogP contribution is -2.08. The molecule has 7 nitrogen and oxygen atoms in total. The second-order valence-corrected chi connectivity index (χ2v) is 8.14. The molecule has 0 atom stereocenters. The number of carboxylic acids is 1. The molecular weight excluding hydrogens is 387 g/mol. The summed E-state index contributed by atoms with van der Waals surface area (Å²) >= 11 is 0. The zero-order chi connectivity index (χ0) is 20.5. The van der Waals surface area contributed by atoms with E-state index in [0.717, 1.165) is 6.26 Å². The first-order valence-electron chi connectivity index (χ1n) is 8.12. The number of hydrogen-bond acceptors (Lipinski definition) is 5. The second kappa shape index (κ2) is 7.43. The number of sulfone groups is 1. The summed E-state index contributed by atoms with van der Waals surface area (Å²) in [7, 11) is -2.00. The number of halogens is 1. The summed E-state index contributed by atoms with van der Waals surface area (Å²) in [5, 5.41) is 13.3. The predicted octanol–water partition coefficient (Wildman–Crippen LogP) is 2.85. The largest absolute Gasteiger partial charge is 0.494 e. The molecule has 0 unspecified atom stereocenters. The number of carboxylic acid groups (broad SMARTS) is 1. The van der Waals surface area contributed by atoms with Crippen LogP contribution in [0, 0.1) is 5.82 Å². The van der Waals surface area contributed by atoms with E-state index < -0.39 is 21.6 Å². The highest BCUT2D eigenvalue weighted by Gasteiger charge is 2.17. The second-order valence-electron chi connectivity index (χ2n) is 6.13. The Hall–Kier alpha value is -3.20. The molecule has 0 amide bonds. The molecule has 1 heterocycles. The number of hydrogen-bond donors (Lipinski definition) is 1. The predicted molar refractivity (Wildman–Crippen MR) is 100 cm³/mol. The molecule has 0 spiro atoms. The minimum absolute atomic E-state index is 0.0840. The Morgan fingerprint density at radius 1 is 1.18 bits per heavy atom. The fourth-order valence-electron chi connectivity index (χ4n) is 2.76. The minimum atomic E-state index is -3.35. The normalized spacial score (nSPS) is 11.4. The molecule has 0 radical (unpaired) electrons. The van der Waals surface area contributed by atoms with Gasteiger partial charge in [-0.25, -0.2) is 12.8 Å². The van der Waals surface area contributed by atoms with E-state index in [0.29, 0.717) is 22.4 Å². The van der Waals surface area contributed by atoms with Gasteiger partial charge in [0.2, 0.25) is 0 Å². The van der Waals surface area contributed by atoms with Gasteiger partial charge in [0.05, 0.1) is 12.0 Å². The first kappa shape index (κ1) is 19.6. The molecular formula is C19H17FN2O5S. The number of benzene rings is 2. The van der Waals surface area contributed by atoms with Gasteiger partial charge in [0.25, 0.3) is 0 Å². The summed E-state index contributed by atoms with van der Waals surface area (Å²) in [6.45, 7) is -0.368. The van der Waals surface area contributed by atoms with Gasteiger partial charge in [-0.05, 0) is 29.8 Å². The van der Waals surface area contributed by atoms with E-state index in [4.69, 9.17) is 9.84 Å². The molecule has 1 N–H and O–H groups in total. The molecule has 0 fully saturated rings. The van der Waals surface area contributed by atoms with E-state index in [9.17, 15) is 17.6 Å². The van der Waals surface area contributed by atoms with Crippen molar-refractivity contribution in [3.63, 3.8) is 0 Å². The zero-order valence-electron chi connectivity index (χ0n) is 15.1. The van der Waals surface area contributed by atoms with Crippen LogP contribution < -0.4 is 4.74 Å². The molecule has 3 aromatic rings. The molecule has 28 heavy (non-hydrogen) atoms. The summed E-state index contributed by atoms with van der Waals surface area (Å²) in [5.41, 5.74) is 1.97. The maximum Gasteiger partial charge on any atom is 0.325 e. The molecule has 1 aromatic heterocycles. The van der Waals surface area contributed by atoms with Gasteiger partial charge < -0.3 is 9.84 Å². The van der Waals surface area contributed by atoms with Crippen LogP contribution >= 0.6 is 0 Å². The van der Waals surface area contributed by atoms with Crippen LogP contribution in [-0.2, 0) is 21.2 Å². The Bertz CT molecular complexity index is 1140. The third-order valence-electron chi connectivity index (χ3n) is 4.08. The quantitative estimate of drug-likeness (QED) is 0.678. The van der Waals surface area contributed by atoms with Crippen LogP contribution in [0.5, 0.6) is 5.75 Å². The number of ether oxygens (including phenoxy) is 1. The van der Waals surface area contributed by atoms with Crippen LogP contribution in [0.3, 0.4) is 0 Å². The van der Waals surface area contributed by atoms with Gasteiger partial charge in [-0.15, -0.1) is 0 Å². The van der Waals surface area contributed by atoms with E-state index in [1.54, 1.807) is 18.2 Å². The van der Waals surface area contributed by atoms with Crippen LogP contribution in [0.25, 0.3) is 22.4 Å². The first-order valence-corrected chi connectivity index (χ1v) is 10.0. The van der Waals surface area contributed by atoms with Crippen LogP contribution in [-0.4, -0.2) is 42.6 Å².